The van der Waals surface area contributed by atoms with Gasteiger partial charge in [-0.1, -0.05) is 26.0 Å². The van der Waals surface area contributed by atoms with Crippen LogP contribution < -0.4 is 5.73 Å². The molecule has 0 radical (unpaired) electrons. The highest BCUT2D eigenvalue weighted by molar-refractivity contribution is 5.04. The lowest BCUT2D eigenvalue weighted by Gasteiger charge is -2.34. The number of hydrogen-bond acceptors (Lipinski definition) is 1. The Morgan fingerprint density at radius 2 is 2.40 bits per heavy atom. The third-order valence-corrected chi connectivity index (χ3v) is 2.83. The summed E-state index contributed by atoms with van der Waals surface area (Å²) >= 11 is 0. The zero-order valence-corrected chi connectivity index (χ0v) is 6.93. The van der Waals surface area contributed by atoms with E-state index in [9.17, 15) is 0 Å². The Morgan fingerprint density at radius 1 is 1.70 bits per heavy atom. The molecule has 0 aliphatic heterocycles. The summed E-state index contributed by atoms with van der Waals surface area (Å²) in [7, 11) is 0. The zero-order valence-electron chi connectivity index (χ0n) is 6.93. The number of rotatable bonds is 1. The van der Waals surface area contributed by atoms with Gasteiger partial charge in [0.25, 0.3) is 0 Å². The van der Waals surface area contributed by atoms with Crippen molar-refractivity contribution in [3.8, 4) is 0 Å². The molecule has 0 fully saturated rings. The minimum Gasteiger partial charge on any atom is -0.330 e. The van der Waals surface area contributed by atoms with E-state index in [2.05, 4.69) is 26.0 Å². The van der Waals surface area contributed by atoms with Crippen molar-refractivity contribution >= 4 is 0 Å². The van der Waals surface area contributed by atoms with Gasteiger partial charge in [0, 0.05) is 12.0 Å². The Bertz CT molecular complexity index is 140. The van der Waals surface area contributed by atoms with E-state index in [0.717, 1.165) is 12.5 Å². The average Bonchev–Trinajstić information content (AvgIpc) is 1.96. The van der Waals surface area contributed by atoms with Crippen molar-refractivity contribution in [3.63, 3.8) is 0 Å². The van der Waals surface area contributed by atoms with E-state index in [-0.39, 0.29) is 5.41 Å². The van der Waals surface area contributed by atoms with Gasteiger partial charge in [-0.15, -0.1) is 0 Å². The van der Waals surface area contributed by atoms with Crippen molar-refractivity contribution in [1.82, 2.24) is 0 Å². The first-order valence-electron chi connectivity index (χ1n) is 4.07. The van der Waals surface area contributed by atoms with Gasteiger partial charge >= 0.3 is 0 Å². The van der Waals surface area contributed by atoms with Gasteiger partial charge in [0.05, 0.1) is 0 Å². The molecule has 0 bridgehead atoms. The van der Waals surface area contributed by atoms with Crippen molar-refractivity contribution in [2.24, 2.45) is 17.1 Å². The monoisotopic (exact) mass is 139 g/mol. The summed E-state index contributed by atoms with van der Waals surface area (Å²) < 4.78 is 0. The molecular formula is C9H17N. The van der Waals surface area contributed by atoms with Crippen LogP contribution >= 0.6 is 0 Å². The quantitative estimate of drug-likeness (QED) is 0.552. The van der Waals surface area contributed by atoms with Crippen molar-refractivity contribution in [2.75, 3.05) is 6.54 Å². The topological polar surface area (TPSA) is 26.0 Å². The van der Waals surface area contributed by atoms with Crippen LogP contribution in [0, 0.1) is 11.3 Å². The molecule has 0 spiro atoms. The van der Waals surface area contributed by atoms with Crippen molar-refractivity contribution in [3.05, 3.63) is 12.2 Å². The van der Waals surface area contributed by atoms with Gasteiger partial charge in [-0.05, 0) is 18.8 Å². The second-order valence-electron chi connectivity index (χ2n) is 3.59. The minimum atomic E-state index is 0.276. The minimum absolute atomic E-state index is 0.276. The van der Waals surface area contributed by atoms with Crippen LogP contribution in [0.5, 0.6) is 0 Å². The SMILES string of the molecule is C[C@H]1CCC=CC1(C)CN. The maximum absolute atomic E-state index is 5.68. The lowest BCUT2D eigenvalue weighted by atomic mass is 9.73. The van der Waals surface area contributed by atoms with Crippen molar-refractivity contribution < 1.29 is 0 Å². The number of hydrogen-bond donors (Lipinski definition) is 1. The molecule has 0 amide bonds. The van der Waals surface area contributed by atoms with Gasteiger partial charge in [-0.25, -0.2) is 0 Å². The van der Waals surface area contributed by atoms with Crippen LogP contribution in [0.15, 0.2) is 12.2 Å². The Morgan fingerprint density at radius 3 is 2.80 bits per heavy atom. The Labute approximate surface area is 63.3 Å². The molecule has 0 saturated carbocycles. The van der Waals surface area contributed by atoms with Crippen molar-refractivity contribution in [1.29, 1.82) is 0 Å². The van der Waals surface area contributed by atoms with E-state index in [0.29, 0.717) is 0 Å². The summed E-state index contributed by atoms with van der Waals surface area (Å²) in [5.41, 5.74) is 5.95. The predicted molar refractivity (Wildman–Crippen MR) is 44.7 cm³/mol. The molecule has 1 nitrogen and oxygen atoms in total. The molecule has 0 aromatic rings. The normalized spacial score (nSPS) is 40.1. The fourth-order valence-electron chi connectivity index (χ4n) is 1.46. The molecule has 0 aromatic heterocycles. The van der Waals surface area contributed by atoms with Crippen molar-refractivity contribution in [2.45, 2.75) is 26.7 Å². The predicted octanol–water partition coefficient (Wildman–Crippen LogP) is 1.94. The first-order chi connectivity index (χ1) is 4.69. The van der Waals surface area contributed by atoms with Gasteiger partial charge in [-0.3, -0.25) is 0 Å². The maximum atomic E-state index is 5.68. The van der Waals surface area contributed by atoms with Crippen LogP contribution in [0.1, 0.15) is 26.7 Å². The molecule has 1 aliphatic carbocycles. The molecule has 1 heteroatoms. The third-order valence-electron chi connectivity index (χ3n) is 2.83. The van der Waals surface area contributed by atoms with Gasteiger partial charge in [0.15, 0.2) is 0 Å². The molecule has 1 unspecified atom stereocenters. The standard InChI is InChI=1S/C9H17N/c1-8-5-3-4-6-9(8,2)7-10/h4,6,8H,3,5,7,10H2,1-2H3/t8-,9?/m0/s1. The number of allylic oxidation sites excluding steroid dienone is 1. The summed E-state index contributed by atoms with van der Waals surface area (Å²) in [4.78, 5) is 0. The summed E-state index contributed by atoms with van der Waals surface area (Å²) in [6, 6.07) is 0. The first-order valence-corrected chi connectivity index (χ1v) is 4.07. The highest BCUT2D eigenvalue weighted by Gasteiger charge is 2.28. The highest BCUT2D eigenvalue weighted by atomic mass is 14.6. The van der Waals surface area contributed by atoms with Crippen LogP contribution in [0.4, 0.5) is 0 Å². The second kappa shape index (κ2) is 2.75. The molecule has 0 heterocycles. The van der Waals surface area contributed by atoms with E-state index in [1.807, 2.05) is 0 Å². The van der Waals surface area contributed by atoms with Gasteiger partial charge in [0.1, 0.15) is 0 Å². The smallest absolute Gasteiger partial charge is 0.00141 e. The van der Waals surface area contributed by atoms with Crippen LogP contribution in [0.25, 0.3) is 0 Å². The molecule has 0 aromatic carbocycles. The second-order valence-corrected chi connectivity index (χ2v) is 3.59. The maximum Gasteiger partial charge on any atom is 0.00141 e. The lowest BCUT2D eigenvalue weighted by molar-refractivity contribution is 0.258. The first kappa shape index (κ1) is 7.80. The molecule has 1 aliphatic rings. The third kappa shape index (κ3) is 1.24. The Hall–Kier alpha value is -0.300. The molecule has 58 valence electrons. The molecule has 1 rings (SSSR count). The molecule has 0 saturated heterocycles. The lowest BCUT2D eigenvalue weighted by Crippen LogP contribution is -2.33. The molecular weight excluding hydrogens is 122 g/mol. The van der Waals surface area contributed by atoms with Gasteiger partial charge < -0.3 is 5.73 Å². The van der Waals surface area contributed by atoms with E-state index in [1.165, 1.54) is 12.8 Å². The summed E-state index contributed by atoms with van der Waals surface area (Å²) in [6.07, 6.45) is 7.06. The largest absolute Gasteiger partial charge is 0.330 e. The van der Waals surface area contributed by atoms with Crippen LogP contribution in [0.3, 0.4) is 0 Å². The van der Waals surface area contributed by atoms with Gasteiger partial charge in [-0.2, -0.15) is 0 Å². The molecule has 2 atom stereocenters. The summed E-state index contributed by atoms with van der Waals surface area (Å²) in [6.45, 7) is 5.31. The van der Waals surface area contributed by atoms with Crippen LogP contribution in [-0.4, -0.2) is 6.54 Å². The fraction of sp³-hybridized carbons (Fsp3) is 0.778. The van der Waals surface area contributed by atoms with E-state index < -0.39 is 0 Å². The number of nitrogens with two attached hydrogens (primary N) is 1. The average molecular weight is 139 g/mol. The molecule has 10 heavy (non-hydrogen) atoms. The zero-order chi connectivity index (χ0) is 7.61. The Kier molecular flexibility index (Phi) is 2.14. The highest BCUT2D eigenvalue weighted by Crippen LogP contribution is 2.34. The van der Waals surface area contributed by atoms with E-state index in [1.54, 1.807) is 0 Å². The van der Waals surface area contributed by atoms with E-state index >= 15 is 0 Å². The summed E-state index contributed by atoms with van der Waals surface area (Å²) in [5, 5.41) is 0. The fourth-order valence-corrected chi connectivity index (χ4v) is 1.46. The Balaban J connectivity index is 2.71. The van der Waals surface area contributed by atoms with E-state index in [4.69, 9.17) is 5.73 Å². The van der Waals surface area contributed by atoms with Gasteiger partial charge in [0.2, 0.25) is 0 Å². The summed E-state index contributed by atoms with van der Waals surface area (Å²) in [5.74, 6) is 0.752. The van der Waals surface area contributed by atoms with Crippen LogP contribution in [0.2, 0.25) is 0 Å². The molecule has 2 N–H and O–H groups in total. The van der Waals surface area contributed by atoms with Crippen LogP contribution in [-0.2, 0) is 0 Å².